The van der Waals surface area contributed by atoms with E-state index in [2.05, 4.69) is 5.32 Å². The lowest BCUT2D eigenvalue weighted by atomic mass is 10.5. The van der Waals surface area contributed by atoms with Crippen molar-refractivity contribution in [3.05, 3.63) is 0 Å². The standard InChI is InChI=1S/C5H6N2O4/c8-3-1-6-5(11)7(3)2-4(9)10/h1-2H2,(H,6,11)(H,9,10)/p-1. The highest BCUT2D eigenvalue weighted by Crippen LogP contribution is 1.96. The van der Waals surface area contributed by atoms with Crippen molar-refractivity contribution in [3.8, 4) is 0 Å². The number of carbonyl (C=O) groups excluding carboxylic acids is 3. The predicted molar refractivity (Wildman–Crippen MR) is 30.1 cm³/mol. The maximum Gasteiger partial charge on any atom is 0.324 e. The van der Waals surface area contributed by atoms with Crippen molar-refractivity contribution in [2.24, 2.45) is 0 Å². The van der Waals surface area contributed by atoms with Crippen molar-refractivity contribution in [1.82, 2.24) is 10.2 Å². The SMILES string of the molecule is O=C([O-])CN1C(=O)CNC1=O. The molecule has 0 unspecified atom stereocenters. The number of hydrogen-bond donors (Lipinski definition) is 1. The topological polar surface area (TPSA) is 89.5 Å². The number of nitrogens with one attached hydrogen (secondary N) is 1. The van der Waals surface area contributed by atoms with Gasteiger partial charge >= 0.3 is 6.03 Å². The zero-order valence-corrected chi connectivity index (χ0v) is 5.49. The molecule has 0 aromatic rings. The maximum absolute atomic E-state index is 10.7. The summed E-state index contributed by atoms with van der Waals surface area (Å²) in [7, 11) is 0. The van der Waals surface area contributed by atoms with Crippen molar-refractivity contribution in [3.63, 3.8) is 0 Å². The van der Waals surface area contributed by atoms with Gasteiger partial charge in [-0.25, -0.2) is 4.79 Å². The molecule has 6 nitrogen and oxygen atoms in total. The van der Waals surface area contributed by atoms with Gasteiger partial charge in [0.15, 0.2) is 0 Å². The van der Waals surface area contributed by atoms with E-state index >= 15 is 0 Å². The van der Waals surface area contributed by atoms with E-state index in [0.717, 1.165) is 0 Å². The van der Waals surface area contributed by atoms with Gasteiger partial charge in [0.05, 0.1) is 19.1 Å². The molecule has 6 heteroatoms. The highest BCUT2D eigenvalue weighted by molar-refractivity contribution is 6.03. The third-order valence-electron chi connectivity index (χ3n) is 1.22. The molecule has 0 spiro atoms. The molecule has 0 bridgehead atoms. The van der Waals surface area contributed by atoms with Crippen LogP contribution in [0.15, 0.2) is 0 Å². The molecule has 1 rings (SSSR count). The Morgan fingerprint density at radius 3 is 2.64 bits per heavy atom. The molecule has 1 fully saturated rings. The summed E-state index contributed by atoms with van der Waals surface area (Å²) in [6.45, 7) is -0.809. The lowest BCUT2D eigenvalue weighted by Crippen LogP contribution is -2.41. The van der Waals surface area contributed by atoms with Crippen LogP contribution in [-0.4, -0.2) is 35.9 Å². The van der Waals surface area contributed by atoms with Gasteiger partial charge in [-0.1, -0.05) is 0 Å². The van der Waals surface area contributed by atoms with Gasteiger partial charge in [-0.3, -0.25) is 9.69 Å². The van der Waals surface area contributed by atoms with E-state index in [1.807, 2.05) is 0 Å². The average molecular weight is 157 g/mol. The Hall–Kier alpha value is -1.59. The number of urea groups is 1. The second-order valence-corrected chi connectivity index (χ2v) is 2.01. The van der Waals surface area contributed by atoms with Crippen LogP contribution in [0, 0.1) is 0 Å². The third kappa shape index (κ3) is 1.46. The Labute approximate surface area is 61.8 Å². The average Bonchev–Trinajstić information content (AvgIpc) is 2.18. The first kappa shape index (κ1) is 7.52. The molecule has 1 aliphatic heterocycles. The van der Waals surface area contributed by atoms with Gasteiger partial charge in [0, 0.05) is 0 Å². The van der Waals surface area contributed by atoms with E-state index in [9.17, 15) is 19.5 Å². The Morgan fingerprint density at radius 1 is 1.64 bits per heavy atom. The number of carboxylic acid groups (broad SMARTS) is 1. The van der Waals surface area contributed by atoms with Crippen molar-refractivity contribution in [1.29, 1.82) is 0 Å². The van der Waals surface area contributed by atoms with Crippen molar-refractivity contribution in [2.45, 2.75) is 0 Å². The lowest BCUT2D eigenvalue weighted by molar-refractivity contribution is -0.305. The van der Waals surface area contributed by atoms with E-state index in [-0.39, 0.29) is 6.54 Å². The molecule has 1 heterocycles. The Balaban J connectivity index is 2.62. The van der Waals surface area contributed by atoms with Gasteiger partial charge in [0.2, 0.25) is 5.91 Å². The van der Waals surface area contributed by atoms with Crippen LogP contribution in [0.5, 0.6) is 0 Å². The molecule has 0 aromatic carbocycles. The number of aliphatic carboxylic acids is 1. The van der Waals surface area contributed by atoms with Crippen LogP contribution in [0.2, 0.25) is 0 Å². The fourth-order valence-corrected chi connectivity index (χ4v) is 0.744. The minimum Gasteiger partial charge on any atom is -0.548 e. The molecule has 0 radical (unpaired) electrons. The Kier molecular flexibility index (Phi) is 1.75. The number of nitrogens with zero attached hydrogens (tertiary/aromatic N) is 1. The molecule has 1 aliphatic rings. The summed E-state index contributed by atoms with van der Waals surface area (Å²) in [6.07, 6.45) is 0. The van der Waals surface area contributed by atoms with Gasteiger partial charge in [0.25, 0.3) is 0 Å². The number of amides is 3. The van der Waals surface area contributed by atoms with Gasteiger partial charge in [0.1, 0.15) is 0 Å². The molecular formula is C5H5N2O4-. The molecule has 1 saturated heterocycles. The smallest absolute Gasteiger partial charge is 0.324 e. The summed E-state index contributed by atoms with van der Waals surface area (Å²) in [5.41, 5.74) is 0. The van der Waals surface area contributed by atoms with Crippen LogP contribution >= 0.6 is 0 Å². The van der Waals surface area contributed by atoms with Crippen LogP contribution in [0.4, 0.5) is 4.79 Å². The Bertz CT molecular complexity index is 209. The van der Waals surface area contributed by atoms with Crippen LogP contribution in [0.1, 0.15) is 0 Å². The number of carbonyl (C=O) groups is 3. The predicted octanol–water partition coefficient (Wildman–Crippen LogP) is -2.71. The molecule has 0 aliphatic carbocycles. The molecule has 0 saturated carbocycles. The number of carboxylic acids is 1. The largest absolute Gasteiger partial charge is 0.548 e. The summed E-state index contributed by atoms with van der Waals surface area (Å²) in [5.74, 6) is -1.99. The van der Waals surface area contributed by atoms with Crippen LogP contribution < -0.4 is 10.4 Å². The van der Waals surface area contributed by atoms with E-state index in [1.54, 1.807) is 0 Å². The normalized spacial score (nSPS) is 16.9. The zero-order valence-electron chi connectivity index (χ0n) is 5.49. The lowest BCUT2D eigenvalue weighted by Gasteiger charge is -2.11. The molecule has 1 N–H and O–H groups in total. The Morgan fingerprint density at radius 2 is 2.27 bits per heavy atom. The fraction of sp³-hybridized carbons (Fsp3) is 0.400. The molecule has 60 valence electrons. The first-order chi connectivity index (χ1) is 5.11. The third-order valence-corrected chi connectivity index (χ3v) is 1.22. The van der Waals surface area contributed by atoms with Crippen LogP contribution in [0.3, 0.4) is 0 Å². The monoisotopic (exact) mass is 157 g/mol. The molecule has 3 amide bonds. The molecule has 11 heavy (non-hydrogen) atoms. The zero-order chi connectivity index (χ0) is 8.43. The fourth-order valence-electron chi connectivity index (χ4n) is 0.744. The molecule has 0 atom stereocenters. The van der Waals surface area contributed by atoms with Crippen molar-refractivity contribution in [2.75, 3.05) is 13.1 Å². The van der Waals surface area contributed by atoms with E-state index < -0.39 is 24.5 Å². The molecule has 0 aromatic heterocycles. The minimum atomic E-state index is -1.45. The summed E-state index contributed by atoms with van der Waals surface area (Å²) in [5, 5.41) is 12.1. The number of rotatable bonds is 2. The van der Waals surface area contributed by atoms with E-state index in [4.69, 9.17) is 0 Å². The first-order valence-electron chi connectivity index (χ1n) is 2.89. The number of imide groups is 1. The van der Waals surface area contributed by atoms with E-state index in [1.165, 1.54) is 0 Å². The maximum atomic E-state index is 10.7. The first-order valence-corrected chi connectivity index (χ1v) is 2.89. The van der Waals surface area contributed by atoms with Gasteiger partial charge < -0.3 is 15.2 Å². The summed E-state index contributed by atoms with van der Waals surface area (Å²) in [4.78, 5) is 31.8. The summed E-state index contributed by atoms with van der Waals surface area (Å²) < 4.78 is 0. The highest BCUT2D eigenvalue weighted by atomic mass is 16.4. The second kappa shape index (κ2) is 2.57. The summed E-state index contributed by atoms with van der Waals surface area (Å²) in [6, 6.07) is -0.681. The number of hydrogen-bond acceptors (Lipinski definition) is 4. The van der Waals surface area contributed by atoms with Crippen LogP contribution in [-0.2, 0) is 9.59 Å². The summed E-state index contributed by atoms with van der Waals surface area (Å²) >= 11 is 0. The minimum absolute atomic E-state index is 0.133. The van der Waals surface area contributed by atoms with Crippen molar-refractivity contribution >= 4 is 17.9 Å². The highest BCUT2D eigenvalue weighted by Gasteiger charge is 2.27. The van der Waals surface area contributed by atoms with Gasteiger partial charge in [-0.2, -0.15) is 0 Å². The molecular weight excluding hydrogens is 152 g/mol. The van der Waals surface area contributed by atoms with Crippen LogP contribution in [0.25, 0.3) is 0 Å². The van der Waals surface area contributed by atoms with E-state index in [0.29, 0.717) is 4.90 Å². The second-order valence-electron chi connectivity index (χ2n) is 2.01. The quantitative estimate of drug-likeness (QED) is 0.441. The van der Waals surface area contributed by atoms with Gasteiger partial charge in [-0.05, 0) is 0 Å². The van der Waals surface area contributed by atoms with Gasteiger partial charge in [-0.15, -0.1) is 0 Å². The van der Waals surface area contributed by atoms with Crippen molar-refractivity contribution < 1.29 is 19.5 Å².